The van der Waals surface area contributed by atoms with Gasteiger partial charge in [-0.15, -0.1) is 0 Å². The zero-order valence-electron chi connectivity index (χ0n) is 15.4. The lowest BCUT2D eigenvalue weighted by atomic mass is 9.93. The van der Waals surface area contributed by atoms with Crippen LogP contribution in [0.3, 0.4) is 0 Å². The van der Waals surface area contributed by atoms with Crippen molar-refractivity contribution < 1.29 is 14.3 Å². The Bertz CT molecular complexity index is 816. The number of hydrogen-bond acceptors (Lipinski definition) is 4. The van der Waals surface area contributed by atoms with E-state index in [0.29, 0.717) is 25.1 Å². The Hall–Kier alpha value is -2.82. The fraction of sp³-hybridized carbons (Fsp3) is 0.333. The van der Waals surface area contributed by atoms with Gasteiger partial charge in [-0.25, -0.2) is 4.79 Å². The third-order valence-corrected chi connectivity index (χ3v) is 4.68. The summed E-state index contributed by atoms with van der Waals surface area (Å²) in [5.41, 5.74) is 3.69. The summed E-state index contributed by atoms with van der Waals surface area (Å²) < 4.78 is 5.23. The molecule has 0 fully saturated rings. The summed E-state index contributed by atoms with van der Waals surface area (Å²) in [5.74, 6) is -0.500. The fourth-order valence-electron chi connectivity index (χ4n) is 3.27. The molecule has 5 heteroatoms. The molecular weight excluding hydrogens is 328 g/mol. The number of nitrogens with zero attached hydrogens (tertiary/aromatic N) is 2. The van der Waals surface area contributed by atoms with Crippen molar-refractivity contribution in [3.63, 3.8) is 0 Å². The Morgan fingerprint density at radius 1 is 1.12 bits per heavy atom. The average molecular weight is 352 g/mol. The minimum atomic E-state index is -0.597. The number of amides is 1. The van der Waals surface area contributed by atoms with Crippen LogP contribution in [0.25, 0.3) is 0 Å². The van der Waals surface area contributed by atoms with Crippen molar-refractivity contribution in [1.29, 1.82) is 0 Å². The van der Waals surface area contributed by atoms with E-state index in [-0.39, 0.29) is 11.9 Å². The quantitative estimate of drug-likeness (QED) is 0.794. The van der Waals surface area contributed by atoms with Crippen molar-refractivity contribution in [3.05, 3.63) is 65.2 Å². The molecule has 26 heavy (non-hydrogen) atoms. The summed E-state index contributed by atoms with van der Waals surface area (Å²) in [6.07, 6.45) is 0.480. The van der Waals surface area contributed by atoms with E-state index in [1.54, 1.807) is 17.9 Å². The van der Waals surface area contributed by atoms with Crippen molar-refractivity contribution in [2.75, 3.05) is 25.6 Å². The van der Waals surface area contributed by atoms with Crippen LogP contribution in [0.4, 0.5) is 5.69 Å². The van der Waals surface area contributed by atoms with Crippen molar-refractivity contribution >= 4 is 17.6 Å². The Morgan fingerprint density at radius 2 is 1.85 bits per heavy atom. The minimum Gasteiger partial charge on any atom is -0.464 e. The first-order valence-electron chi connectivity index (χ1n) is 8.83. The topological polar surface area (TPSA) is 49.9 Å². The molecule has 2 aromatic rings. The normalized spacial score (nSPS) is 16.0. The number of carbonyl (C=O) groups is 2. The highest BCUT2D eigenvalue weighted by molar-refractivity contribution is 5.98. The van der Waals surface area contributed by atoms with E-state index in [4.69, 9.17) is 4.74 Å². The van der Waals surface area contributed by atoms with E-state index in [1.165, 1.54) is 0 Å². The molecule has 0 bridgehead atoms. The zero-order chi connectivity index (χ0) is 18.7. The summed E-state index contributed by atoms with van der Waals surface area (Å²) in [4.78, 5) is 29.3. The minimum absolute atomic E-state index is 0.152. The molecule has 0 N–H and O–H groups in total. The van der Waals surface area contributed by atoms with Crippen LogP contribution in [0, 0.1) is 0 Å². The van der Waals surface area contributed by atoms with Crippen LogP contribution in [0.15, 0.2) is 48.5 Å². The molecule has 0 aromatic heterocycles. The lowest BCUT2D eigenvalue weighted by Gasteiger charge is -2.35. The van der Waals surface area contributed by atoms with Gasteiger partial charge in [-0.05, 0) is 36.2 Å². The van der Waals surface area contributed by atoms with E-state index in [2.05, 4.69) is 0 Å². The molecule has 1 amide bonds. The maximum atomic E-state index is 13.2. The van der Waals surface area contributed by atoms with Crippen LogP contribution in [0.1, 0.15) is 28.4 Å². The Morgan fingerprint density at radius 3 is 2.54 bits per heavy atom. The smallest absolute Gasteiger partial charge is 0.329 e. The van der Waals surface area contributed by atoms with Gasteiger partial charge in [0.25, 0.3) is 5.91 Å². The van der Waals surface area contributed by atoms with Crippen molar-refractivity contribution in [2.45, 2.75) is 25.9 Å². The molecule has 5 nitrogen and oxygen atoms in total. The van der Waals surface area contributed by atoms with Gasteiger partial charge in [0.2, 0.25) is 0 Å². The van der Waals surface area contributed by atoms with Gasteiger partial charge in [0.05, 0.1) is 6.61 Å². The van der Waals surface area contributed by atoms with Crippen molar-refractivity contribution in [1.82, 2.24) is 4.90 Å². The number of rotatable bonds is 4. The summed E-state index contributed by atoms with van der Waals surface area (Å²) >= 11 is 0. The molecular formula is C21H24N2O3. The van der Waals surface area contributed by atoms with Gasteiger partial charge in [0.15, 0.2) is 0 Å². The number of fused-ring (bicyclic) bond motifs is 1. The first-order valence-corrected chi connectivity index (χ1v) is 8.83. The number of anilines is 1. The maximum Gasteiger partial charge on any atom is 0.329 e. The van der Waals surface area contributed by atoms with Crippen LogP contribution >= 0.6 is 0 Å². The number of carbonyl (C=O) groups excluding carboxylic acids is 2. The average Bonchev–Trinajstić information content (AvgIpc) is 2.66. The van der Waals surface area contributed by atoms with Crippen LogP contribution in [-0.2, 0) is 22.5 Å². The number of esters is 1. The monoisotopic (exact) mass is 352 g/mol. The second kappa shape index (κ2) is 7.60. The van der Waals surface area contributed by atoms with E-state index in [0.717, 1.165) is 16.8 Å². The van der Waals surface area contributed by atoms with Gasteiger partial charge in [0, 0.05) is 38.3 Å². The molecule has 0 saturated carbocycles. The molecule has 0 aliphatic carbocycles. The standard InChI is InChI=1S/C21H24N2O3/c1-4-26-21(25)19-13-15-8-5-6-9-17(15)14-23(19)20(24)16-10-7-11-18(12-16)22(2)3/h5-12,19H,4,13-14H2,1-3H3. The van der Waals surface area contributed by atoms with Gasteiger partial charge in [0.1, 0.15) is 6.04 Å². The Kier molecular flexibility index (Phi) is 5.26. The van der Waals surface area contributed by atoms with Gasteiger partial charge >= 0.3 is 5.97 Å². The van der Waals surface area contributed by atoms with Crippen molar-refractivity contribution in [2.24, 2.45) is 0 Å². The highest BCUT2D eigenvalue weighted by Gasteiger charge is 2.36. The van der Waals surface area contributed by atoms with E-state index >= 15 is 0 Å². The summed E-state index contributed by atoms with van der Waals surface area (Å²) in [6, 6.07) is 14.8. The second-order valence-electron chi connectivity index (χ2n) is 6.62. The summed E-state index contributed by atoms with van der Waals surface area (Å²) in [5, 5.41) is 0. The fourth-order valence-corrected chi connectivity index (χ4v) is 3.27. The molecule has 136 valence electrons. The lowest BCUT2D eigenvalue weighted by Crippen LogP contribution is -2.49. The molecule has 0 spiro atoms. The van der Waals surface area contributed by atoms with Crippen LogP contribution in [-0.4, -0.2) is 43.5 Å². The third kappa shape index (κ3) is 3.57. The number of benzene rings is 2. The van der Waals surface area contributed by atoms with Crippen LogP contribution < -0.4 is 4.90 Å². The van der Waals surface area contributed by atoms with Gasteiger partial charge < -0.3 is 14.5 Å². The molecule has 1 aliphatic heterocycles. The van der Waals surface area contributed by atoms with E-state index in [1.807, 2.05) is 61.5 Å². The molecule has 0 radical (unpaired) electrons. The first-order chi connectivity index (χ1) is 12.5. The summed E-state index contributed by atoms with van der Waals surface area (Å²) in [7, 11) is 3.87. The Labute approximate surface area is 154 Å². The summed E-state index contributed by atoms with van der Waals surface area (Å²) in [6.45, 7) is 2.49. The molecule has 1 aliphatic rings. The molecule has 2 aromatic carbocycles. The molecule has 1 unspecified atom stereocenters. The van der Waals surface area contributed by atoms with Crippen LogP contribution in [0.2, 0.25) is 0 Å². The zero-order valence-corrected chi connectivity index (χ0v) is 15.4. The van der Waals surface area contributed by atoms with E-state index < -0.39 is 6.04 Å². The highest BCUT2D eigenvalue weighted by atomic mass is 16.5. The predicted molar refractivity (Wildman–Crippen MR) is 101 cm³/mol. The molecule has 1 atom stereocenters. The number of hydrogen-bond donors (Lipinski definition) is 0. The molecule has 3 rings (SSSR count). The predicted octanol–water partition coefficient (Wildman–Crippen LogP) is 2.88. The molecule has 0 saturated heterocycles. The SMILES string of the molecule is CCOC(=O)C1Cc2ccccc2CN1C(=O)c1cccc(N(C)C)c1. The molecule has 1 heterocycles. The Balaban J connectivity index is 1.95. The van der Waals surface area contributed by atoms with Gasteiger partial charge in [-0.3, -0.25) is 4.79 Å². The first kappa shape index (κ1) is 18.0. The maximum absolute atomic E-state index is 13.2. The van der Waals surface area contributed by atoms with Crippen LogP contribution in [0.5, 0.6) is 0 Å². The lowest BCUT2D eigenvalue weighted by molar-refractivity contribution is -0.149. The van der Waals surface area contributed by atoms with E-state index in [9.17, 15) is 9.59 Å². The largest absolute Gasteiger partial charge is 0.464 e. The third-order valence-electron chi connectivity index (χ3n) is 4.68. The second-order valence-corrected chi connectivity index (χ2v) is 6.62. The number of ether oxygens (including phenoxy) is 1. The van der Waals surface area contributed by atoms with Gasteiger partial charge in [-0.2, -0.15) is 0 Å². The highest BCUT2D eigenvalue weighted by Crippen LogP contribution is 2.26. The van der Waals surface area contributed by atoms with Gasteiger partial charge in [-0.1, -0.05) is 30.3 Å². The van der Waals surface area contributed by atoms with Crippen molar-refractivity contribution in [3.8, 4) is 0 Å².